The smallest absolute Gasteiger partial charge is 0.326 e. The summed E-state index contributed by atoms with van der Waals surface area (Å²) in [5.41, 5.74) is 1.99. The van der Waals surface area contributed by atoms with Gasteiger partial charge in [-0.05, 0) is 24.0 Å². The van der Waals surface area contributed by atoms with E-state index in [1.54, 1.807) is 6.20 Å². The standard InChI is InChI=1S/C22H21N3O3/c26-20(28-15-16-7-3-1-4-8-16)14-25-19(17-9-5-2-6-10-17)13-23-21(22(25)27)24-18-11-12-18/h1-10,13,18H,11-12,14-15H2,(H,23,24). The first-order valence-electron chi connectivity index (χ1n) is 9.32. The fourth-order valence-corrected chi connectivity index (χ4v) is 2.92. The normalized spacial score (nSPS) is 13.1. The molecule has 0 unspecified atom stereocenters. The highest BCUT2D eigenvalue weighted by Gasteiger charge is 2.24. The van der Waals surface area contributed by atoms with Crippen LogP contribution in [0.2, 0.25) is 0 Å². The number of nitrogens with one attached hydrogen (secondary N) is 1. The molecule has 3 aromatic rings. The number of esters is 1. The first-order valence-corrected chi connectivity index (χ1v) is 9.32. The molecule has 2 aromatic carbocycles. The Hall–Kier alpha value is -3.41. The summed E-state index contributed by atoms with van der Waals surface area (Å²) in [6.45, 7) is 0.00508. The van der Waals surface area contributed by atoms with Crippen molar-refractivity contribution >= 4 is 11.8 Å². The van der Waals surface area contributed by atoms with Crippen LogP contribution in [0.15, 0.2) is 71.7 Å². The number of rotatable bonds is 7. The molecule has 6 nitrogen and oxygen atoms in total. The van der Waals surface area contributed by atoms with Gasteiger partial charge in [-0.2, -0.15) is 0 Å². The predicted octanol–water partition coefficient (Wildman–Crippen LogP) is 3.23. The average molecular weight is 375 g/mol. The van der Waals surface area contributed by atoms with Crippen molar-refractivity contribution < 1.29 is 9.53 Å². The molecule has 1 fully saturated rings. The van der Waals surface area contributed by atoms with Gasteiger partial charge < -0.3 is 10.1 Å². The van der Waals surface area contributed by atoms with Gasteiger partial charge in [-0.25, -0.2) is 4.98 Å². The van der Waals surface area contributed by atoms with Crippen molar-refractivity contribution in [2.75, 3.05) is 5.32 Å². The van der Waals surface area contributed by atoms with Gasteiger partial charge in [0.1, 0.15) is 13.2 Å². The Bertz CT molecular complexity index is 1010. The summed E-state index contributed by atoms with van der Waals surface area (Å²) in [5.74, 6) is -0.190. The van der Waals surface area contributed by atoms with Crippen LogP contribution in [0.25, 0.3) is 11.3 Å². The lowest BCUT2D eigenvalue weighted by Crippen LogP contribution is -2.30. The summed E-state index contributed by atoms with van der Waals surface area (Å²) in [5, 5.41) is 3.14. The molecule has 142 valence electrons. The van der Waals surface area contributed by atoms with Crippen LogP contribution in [-0.2, 0) is 22.7 Å². The molecule has 4 rings (SSSR count). The van der Waals surface area contributed by atoms with Gasteiger partial charge in [-0.15, -0.1) is 0 Å². The van der Waals surface area contributed by atoms with Gasteiger partial charge in [-0.1, -0.05) is 60.7 Å². The molecule has 0 saturated heterocycles. The molecule has 1 N–H and O–H groups in total. The number of ether oxygens (including phenoxy) is 1. The summed E-state index contributed by atoms with van der Waals surface area (Å²) < 4.78 is 6.80. The van der Waals surface area contributed by atoms with Crippen LogP contribution in [0.4, 0.5) is 5.82 Å². The van der Waals surface area contributed by atoms with Crippen LogP contribution >= 0.6 is 0 Å². The lowest BCUT2D eigenvalue weighted by atomic mass is 10.1. The number of nitrogens with zero attached hydrogens (tertiary/aromatic N) is 2. The minimum Gasteiger partial charge on any atom is -0.459 e. The van der Waals surface area contributed by atoms with Gasteiger partial charge in [0.2, 0.25) is 0 Å². The lowest BCUT2D eigenvalue weighted by Gasteiger charge is -2.14. The van der Waals surface area contributed by atoms with Crippen LogP contribution in [0, 0.1) is 0 Å². The zero-order valence-corrected chi connectivity index (χ0v) is 15.4. The van der Waals surface area contributed by atoms with Crippen molar-refractivity contribution in [1.29, 1.82) is 0 Å². The van der Waals surface area contributed by atoms with E-state index in [9.17, 15) is 9.59 Å². The van der Waals surface area contributed by atoms with E-state index in [4.69, 9.17) is 4.74 Å². The van der Waals surface area contributed by atoms with Gasteiger partial charge >= 0.3 is 5.97 Å². The fourth-order valence-electron chi connectivity index (χ4n) is 2.92. The molecule has 1 heterocycles. The molecular formula is C22H21N3O3. The molecular weight excluding hydrogens is 354 g/mol. The van der Waals surface area contributed by atoms with E-state index in [0.717, 1.165) is 24.0 Å². The van der Waals surface area contributed by atoms with Crippen LogP contribution in [0.1, 0.15) is 18.4 Å². The highest BCUT2D eigenvalue weighted by atomic mass is 16.5. The molecule has 0 aliphatic heterocycles. The summed E-state index contributed by atoms with van der Waals surface area (Å²) >= 11 is 0. The quantitative estimate of drug-likeness (QED) is 0.642. The molecule has 1 aliphatic carbocycles. The van der Waals surface area contributed by atoms with Gasteiger partial charge in [0.05, 0.1) is 11.9 Å². The second-order valence-corrected chi connectivity index (χ2v) is 6.81. The maximum atomic E-state index is 13.0. The third kappa shape index (κ3) is 4.28. The maximum absolute atomic E-state index is 13.0. The number of anilines is 1. The zero-order valence-electron chi connectivity index (χ0n) is 15.4. The molecule has 1 aromatic heterocycles. The van der Waals surface area contributed by atoms with E-state index in [-0.39, 0.29) is 24.5 Å². The lowest BCUT2D eigenvalue weighted by molar-refractivity contribution is -0.145. The Balaban J connectivity index is 1.59. The number of carbonyl (C=O) groups excluding carboxylic acids is 1. The molecule has 1 aliphatic rings. The highest BCUT2D eigenvalue weighted by Crippen LogP contribution is 2.23. The second-order valence-electron chi connectivity index (χ2n) is 6.81. The number of hydrogen-bond donors (Lipinski definition) is 1. The van der Waals surface area contributed by atoms with E-state index < -0.39 is 5.97 Å². The molecule has 0 spiro atoms. The van der Waals surface area contributed by atoms with Gasteiger partial charge in [0.15, 0.2) is 5.82 Å². The van der Waals surface area contributed by atoms with Crippen molar-refractivity contribution in [3.63, 3.8) is 0 Å². The third-order valence-electron chi connectivity index (χ3n) is 4.57. The molecule has 0 amide bonds. The number of benzene rings is 2. The van der Waals surface area contributed by atoms with Crippen molar-refractivity contribution in [1.82, 2.24) is 9.55 Å². The first-order chi connectivity index (χ1) is 13.7. The molecule has 1 saturated carbocycles. The summed E-state index contributed by atoms with van der Waals surface area (Å²) in [4.78, 5) is 29.7. The fraction of sp³-hybridized carbons (Fsp3) is 0.227. The van der Waals surface area contributed by atoms with Crippen LogP contribution in [-0.4, -0.2) is 21.6 Å². The predicted molar refractivity (Wildman–Crippen MR) is 107 cm³/mol. The SMILES string of the molecule is O=C(Cn1c(-c2ccccc2)cnc(NC2CC2)c1=O)OCc1ccccc1. The third-order valence-corrected chi connectivity index (χ3v) is 4.57. The number of hydrogen-bond acceptors (Lipinski definition) is 5. The minimum absolute atomic E-state index is 0.169. The van der Waals surface area contributed by atoms with E-state index >= 15 is 0 Å². The van der Waals surface area contributed by atoms with Gasteiger partial charge in [0, 0.05) is 6.04 Å². The van der Waals surface area contributed by atoms with Crippen molar-refractivity contribution in [2.45, 2.75) is 32.0 Å². The van der Waals surface area contributed by atoms with E-state index in [0.29, 0.717) is 11.7 Å². The first kappa shape index (κ1) is 18.0. The van der Waals surface area contributed by atoms with E-state index in [2.05, 4.69) is 10.3 Å². The molecule has 0 atom stereocenters. The summed E-state index contributed by atoms with van der Waals surface area (Å²) in [7, 11) is 0. The molecule has 6 heteroatoms. The Morgan fingerprint density at radius 3 is 2.43 bits per heavy atom. The number of carbonyl (C=O) groups is 1. The molecule has 0 radical (unpaired) electrons. The Morgan fingerprint density at radius 2 is 1.75 bits per heavy atom. The topological polar surface area (TPSA) is 73.2 Å². The van der Waals surface area contributed by atoms with Gasteiger partial charge in [-0.3, -0.25) is 14.2 Å². The molecule has 0 bridgehead atoms. The Labute approximate surface area is 162 Å². The number of aromatic nitrogens is 2. The van der Waals surface area contributed by atoms with Crippen LogP contribution in [0.5, 0.6) is 0 Å². The van der Waals surface area contributed by atoms with E-state index in [1.165, 1.54) is 4.57 Å². The van der Waals surface area contributed by atoms with Gasteiger partial charge in [0.25, 0.3) is 5.56 Å². The van der Waals surface area contributed by atoms with Crippen LogP contribution < -0.4 is 10.9 Å². The summed E-state index contributed by atoms with van der Waals surface area (Å²) in [6.07, 6.45) is 3.69. The zero-order chi connectivity index (χ0) is 19.3. The largest absolute Gasteiger partial charge is 0.459 e. The Morgan fingerprint density at radius 1 is 1.07 bits per heavy atom. The highest BCUT2D eigenvalue weighted by molar-refractivity contribution is 5.71. The van der Waals surface area contributed by atoms with Crippen molar-refractivity contribution in [2.24, 2.45) is 0 Å². The monoisotopic (exact) mass is 375 g/mol. The van der Waals surface area contributed by atoms with Crippen molar-refractivity contribution in [3.05, 3.63) is 82.8 Å². The van der Waals surface area contributed by atoms with E-state index in [1.807, 2.05) is 60.7 Å². The molecule has 28 heavy (non-hydrogen) atoms. The minimum atomic E-state index is -0.466. The average Bonchev–Trinajstić information content (AvgIpc) is 3.55. The Kier molecular flexibility index (Phi) is 5.19. The van der Waals surface area contributed by atoms with Crippen molar-refractivity contribution in [3.8, 4) is 11.3 Å². The van der Waals surface area contributed by atoms with Crippen LogP contribution in [0.3, 0.4) is 0 Å². The second kappa shape index (κ2) is 8.08. The maximum Gasteiger partial charge on any atom is 0.326 e. The summed E-state index contributed by atoms with van der Waals surface area (Å²) in [6, 6.07) is 19.2.